The fourth-order valence-corrected chi connectivity index (χ4v) is 6.13. The van der Waals surface area contributed by atoms with Crippen LogP contribution in [0.25, 0.3) is 5.65 Å². The van der Waals surface area contributed by atoms with Crippen LogP contribution in [-0.2, 0) is 0 Å². The summed E-state index contributed by atoms with van der Waals surface area (Å²) in [5.74, 6) is 0.621. The maximum atomic E-state index is 13.1. The zero-order chi connectivity index (χ0) is 27.1. The molecule has 3 aromatic rings. The molecule has 1 amide bonds. The number of hydrazine groups is 1. The van der Waals surface area contributed by atoms with E-state index in [1.165, 1.54) is 0 Å². The van der Waals surface area contributed by atoms with E-state index in [9.17, 15) is 4.79 Å². The lowest BCUT2D eigenvalue weighted by molar-refractivity contribution is -0.139. The fraction of sp³-hybridized carbons (Fsp3) is 0.552. The molecule has 0 radical (unpaired) electrons. The number of amides is 1. The van der Waals surface area contributed by atoms with Gasteiger partial charge in [-0.25, -0.2) is 14.5 Å². The number of benzene rings is 1. The Labute approximate surface area is 231 Å². The molecule has 3 saturated heterocycles. The predicted molar refractivity (Wildman–Crippen MR) is 154 cm³/mol. The zero-order valence-electron chi connectivity index (χ0n) is 23.7. The van der Waals surface area contributed by atoms with Crippen molar-refractivity contribution in [2.75, 3.05) is 76.7 Å². The number of pyridine rings is 1. The number of carbonyl (C=O) groups excluding carboxylic acids is 1. The first-order valence-electron chi connectivity index (χ1n) is 14.2. The number of aromatic nitrogens is 3. The van der Waals surface area contributed by atoms with Gasteiger partial charge < -0.3 is 20.0 Å². The first-order chi connectivity index (χ1) is 18.8. The van der Waals surface area contributed by atoms with Gasteiger partial charge >= 0.3 is 0 Å². The van der Waals surface area contributed by atoms with Crippen molar-refractivity contribution in [2.45, 2.75) is 32.7 Å². The lowest BCUT2D eigenvalue weighted by Gasteiger charge is -2.53. The number of nitrogens with one attached hydrogen (secondary N) is 1. The van der Waals surface area contributed by atoms with Crippen LogP contribution in [0, 0.1) is 5.41 Å². The van der Waals surface area contributed by atoms with E-state index in [1.807, 2.05) is 53.0 Å². The minimum absolute atomic E-state index is 0.0736. The average molecular weight is 532 g/mol. The molecule has 10 nitrogen and oxygen atoms in total. The molecule has 0 unspecified atom stereocenters. The lowest BCUT2D eigenvalue weighted by atomic mass is 9.86. The van der Waals surface area contributed by atoms with Crippen LogP contribution in [0.2, 0.25) is 0 Å². The number of nitrogens with zero attached hydrogens (tertiary/aromatic N) is 8. The molecule has 208 valence electrons. The summed E-state index contributed by atoms with van der Waals surface area (Å²) >= 11 is 0. The number of carbonyl (C=O) groups is 1. The molecular formula is C29H41N9O. The summed E-state index contributed by atoms with van der Waals surface area (Å²) < 4.78 is 1.84. The summed E-state index contributed by atoms with van der Waals surface area (Å²) in [5.41, 5.74) is 3.96. The molecule has 3 aliphatic heterocycles. The van der Waals surface area contributed by atoms with Gasteiger partial charge in [0.1, 0.15) is 0 Å². The highest BCUT2D eigenvalue weighted by molar-refractivity contribution is 5.94. The molecule has 0 bridgehead atoms. The smallest absolute Gasteiger partial charge is 0.253 e. The first-order valence-corrected chi connectivity index (χ1v) is 14.2. The maximum Gasteiger partial charge on any atom is 0.253 e. The van der Waals surface area contributed by atoms with Crippen LogP contribution in [0.4, 0.5) is 17.3 Å². The van der Waals surface area contributed by atoms with Gasteiger partial charge in [0.05, 0.1) is 5.69 Å². The standard InChI is InChI=1S/C29H41N9O/c1-29(2)20-37(21-29)36-18-16-35(17-19-36)25-6-5-13-38-26(25)31-28(32-38)30-23-9-7-22(8-10-23)27(39)34(4)24-11-14-33(3)15-12-24/h5-10,13,24H,11-12,14-21H2,1-4H3,(H,30,32). The third-order valence-corrected chi connectivity index (χ3v) is 8.50. The van der Waals surface area contributed by atoms with Gasteiger partial charge in [-0.2, -0.15) is 4.98 Å². The average Bonchev–Trinajstić information content (AvgIpc) is 3.34. The van der Waals surface area contributed by atoms with Crippen LogP contribution in [0.5, 0.6) is 0 Å². The topological polar surface area (TPSA) is 75.5 Å². The molecule has 3 aliphatic rings. The summed E-state index contributed by atoms with van der Waals surface area (Å²) in [7, 11) is 4.06. The van der Waals surface area contributed by atoms with Crippen LogP contribution >= 0.6 is 0 Å². The summed E-state index contributed by atoms with van der Waals surface area (Å²) in [4.78, 5) is 24.5. The number of fused-ring (bicyclic) bond motifs is 1. The molecule has 1 aromatic carbocycles. The second-order valence-electron chi connectivity index (χ2n) is 12.2. The maximum absolute atomic E-state index is 13.1. The number of anilines is 3. The van der Waals surface area contributed by atoms with E-state index in [0.717, 1.165) is 82.2 Å². The molecule has 10 heteroatoms. The van der Waals surface area contributed by atoms with E-state index in [1.54, 1.807) is 0 Å². The number of rotatable bonds is 6. The first kappa shape index (κ1) is 26.0. The quantitative estimate of drug-likeness (QED) is 0.521. The van der Waals surface area contributed by atoms with Crippen LogP contribution in [0.3, 0.4) is 0 Å². The van der Waals surface area contributed by atoms with Crippen molar-refractivity contribution < 1.29 is 4.79 Å². The Morgan fingerprint density at radius 1 is 0.974 bits per heavy atom. The van der Waals surface area contributed by atoms with Crippen LogP contribution < -0.4 is 10.2 Å². The van der Waals surface area contributed by atoms with Gasteiger partial charge in [-0.05, 0) is 74.8 Å². The molecule has 0 atom stereocenters. The van der Waals surface area contributed by atoms with Gasteiger partial charge in [-0.1, -0.05) is 13.8 Å². The van der Waals surface area contributed by atoms with Crippen molar-refractivity contribution in [3.05, 3.63) is 48.2 Å². The summed E-state index contributed by atoms with van der Waals surface area (Å²) in [6.07, 6.45) is 3.98. The molecule has 1 N–H and O–H groups in total. The monoisotopic (exact) mass is 531 g/mol. The van der Waals surface area contributed by atoms with Gasteiger partial charge in [0.2, 0.25) is 5.95 Å². The van der Waals surface area contributed by atoms with Crippen molar-refractivity contribution in [1.82, 2.24) is 34.4 Å². The largest absolute Gasteiger partial charge is 0.366 e. The van der Waals surface area contributed by atoms with Crippen molar-refractivity contribution in [3.63, 3.8) is 0 Å². The third-order valence-electron chi connectivity index (χ3n) is 8.50. The Morgan fingerprint density at radius 3 is 2.33 bits per heavy atom. The number of hydrogen-bond donors (Lipinski definition) is 1. The van der Waals surface area contributed by atoms with Crippen molar-refractivity contribution in [1.29, 1.82) is 0 Å². The highest BCUT2D eigenvalue weighted by Gasteiger charge is 2.38. The van der Waals surface area contributed by atoms with Crippen molar-refractivity contribution in [2.24, 2.45) is 5.41 Å². The molecule has 39 heavy (non-hydrogen) atoms. The van der Waals surface area contributed by atoms with Crippen LogP contribution in [0.1, 0.15) is 37.0 Å². The highest BCUT2D eigenvalue weighted by atomic mass is 16.2. The van der Waals surface area contributed by atoms with Crippen molar-refractivity contribution >= 4 is 28.9 Å². The Balaban J connectivity index is 1.09. The fourth-order valence-electron chi connectivity index (χ4n) is 6.13. The molecule has 0 spiro atoms. The Kier molecular flexibility index (Phi) is 6.95. The Bertz CT molecular complexity index is 1300. The van der Waals surface area contributed by atoms with E-state index in [0.29, 0.717) is 23.0 Å². The third kappa shape index (κ3) is 5.46. The number of likely N-dealkylation sites (tertiary alicyclic amines) is 1. The van der Waals surface area contributed by atoms with E-state index in [-0.39, 0.29) is 5.91 Å². The SMILES string of the molecule is CN1CCC(N(C)C(=O)c2ccc(Nc3nc4c(N5CCN(N6CC(C)(C)C6)CC5)cccn4n3)cc2)CC1. The van der Waals surface area contributed by atoms with Crippen LogP contribution in [0.15, 0.2) is 42.6 Å². The normalized spacial score (nSPS) is 21.2. The Morgan fingerprint density at radius 2 is 1.67 bits per heavy atom. The van der Waals surface area contributed by atoms with E-state index in [2.05, 4.69) is 57.2 Å². The summed E-state index contributed by atoms with van der Waals surface area (Å²) in [5, 5.41) is 13.0. The predicted octanol–water partition coefficient (Wildman–Crippen LogP) is 3.02. The van der Waals surface area contributed by atoms with Gasteiger partial charge in [0.15, 0.2) is 5.65 Å². The summed E-state index contributed by atoms with van der Waals surface area (Å²) in [6, 6.07) is 12.1. The minimum atomic E-state index is 0.0736. The van der Waals surface area contributed by atoms with Gasteiger partial charge in [0, 0.05) is 69.8 Å². The van der Waals surface area contributed by atoms with E-state index in [4.69, 9.17) is 4.98 Å². The molecule has 3 fully saturated rings. The molecule has 6 rings (SSSR count). The second kappa shape index (κ2) is 10.4. The molecule has 0 aliphatic carbocycles. The molecule has 0 saturated carbocycles. The zero-order valence-corrected chi connectivity index (χ0v) is 23.7. The highest BCUT2D eigenvalue weighted by Crippen LogP contribution is 2.31. The van der Waals surface area contributed by atoms with Gasteiger partial charge in [-0.15, -0.1) is 5.10 Å². The minimum Gasteiger partial charge on any atom is -0.366 e. The molecular weight excluding hydrogens is 490 g/mol. The number of piperazine rings is 1. The van der Waals surface area contributed by atoms with E-state index >= 15 is 0 Å². The lowest BCUT2D eigenvalue weighted by Crippen LogP contribution is -2.64. The number of hydrogen-bond acceptors (Lipinski definition) is 8. The van der Waals surface area contributed by atoms with Gasteiger partial charge in [0.25, 0.3) is 5.91 Å². The Hall–Kier alpha value is -3.21. The van der Waals surface area contributed by atoms with Crippen LogP contribution in [-0.4, -0.2) is 113 Å². The van der Waals surface area contributed by atoms with Crippen molar-refractivity contribution in [3.8, 4) is 0 Å². The second-order valence-corrected chi connectivity index (χ2v) is 12.2. The molecule has 2 aromatic heterocycles. The molecule has 5 heterocycles. The summed E-state index contributed by atoms with van der Waals surface area (Å²) in [6.45, 7) is 13.0. The van der Waals surface area contributed by atoms with E-state index < -0.39 is 0 Å². The number of piperidine rings is 1. The van der Waals surface area contributed by atoms with Gasteiger partial charge in [-0.3, -0.25) is 4.79 Å².